The number of rotatable bonds is 8. The van der Waals surface area contributed by atoms with Crippen LogP contribution in [0.2, 0.25) is 0 Å². The smallest absolute Gasteiger partial charge is 0.344 e. The molecule has 1 aliphatic rings. The van der Waals surface area contributed by atoms with Crippen LogP contribution in [0.4, 0.5) is 0 Å². The highest BCUT2D eigenvalue weighted by atomic mass is 32.2. The number of hydrogen-bond acceptors (Lipinski definition) is 7. The van der Waals surface area contributed by atoms with Gasteiger partial charge in [-0.2, -0.15) is 0 Å². The van der Waals surface area contributed by atoms with Gasteiger partial charge in [-0.05, 0) is 37.6 Å². The van der Waals surface area contributed by atoms with Crippen LogP contribution >= 0.6 is 11.8 Å². The Hall–Kier alpha value is -3.18. The largest absolute Gasteiger partial charge is 0.506 e. The molecule has 0 saturated carbocycles. The molecule has 0 unspecified atom stereocenters. The monoisotopic (exact) mass is 429 g/mol. The molecule has 7 nitrogen and oxygen atoms in total. The summed E-state index contributed by atoms with van der Waals surface area (Å²) in [5.74, 6) is 1.97. The van der Waals surface area contributed by atoms with Gasteiger partial charge in [0.2, 0.25) is 5.91 Å². The molecule has 0 fully saturated rings. The van der Waals surface area contributed by atoms with Crippen molar-refractivity contribution in [1.82, 2.24) is 0 Å². The quantitative estimate of drug-likeness (QED) is 0.495. The molecule has 0 radical (unpaired) electrons. The average Bonchev–Trinajstić information content (AvgIpc) is 3.02. The summed E-state index contributed by atoms with van der Waals surface area (Å²) in [5, 5.41) is 10.7. The van der Waals surface area contributed by atoms with Gasteiger partial charge in [0.1, 0.15) is 23.0 Å². The lowest BCUT2D eigenvalue weighted by atomic mass is 10.1. The van der Waals surface area contributed by atoms with Crippen molar-refractivity contribution in [3.8, 4) is 23.8 Å². The molecule has 0 aromatic heterocycles. The maximum absolute atomic E-state index is 12.3. The number of aliphatic imine (C=N–C) groups is 1. The number of terminal acetylenes is 1. The fourth-order valence-electron chi connectivity index (χ4n) is 2.46. The minimum atomic E-state index is -0.735. The lowest BCUT2D eigenvalue weighted by Gasteiger charge is -2.11. The third-order valence-corrected chi connectivity index (χ3v) is 4.80. The van der Waals surface area contributed by atoms with E-state index in [4.69, 9.17) is 20.6 Å². The van der Waals surface area contributed by atoms with Crippen molar-refractivity contribution in [1.29, 1.82) is 0 Å². The second-order valence-electron chi connectivity index (χ2n) is 5.85. The van der Waals surface area contributed by atoms with Crippen LogP contribution in [0.5, 0.6) is 11.5 Å². The van der Waals surface area contributed by atoms with Gasteiger partial charge in [0.25, 0.3) is 0 Å². The number of amides is 1. The molecule has 1 aliphatic heterocycles. The first-order chi connectivity index (χ1) is 14.4. The second-order valence-corrected chi connectivity index (χ2v) is 6.88. The van der Waals surface area contributed by atoms with Gasteiger partial charge >= 0.3 is 5.97 Å². The summed E-state index contributed by atoms with van der Waals surface area (Å²) in [7, 11) is 0. The molecule has 30 heavy (non-hydrogen) atoms. The average molecular weight is 429 g/mol. The molecule has 1 amide bonds. The lowest BCUT2D eigenvalue weighted by molar-refractivity contribution is -0.138. The number of carbonyl (C=O) groups excluding carboxylic acids is 2. The van der Waals surface area contributed by atoms with Gasteiger partial charge in [0, 0.05) is 6.42 Å². The number of aliphatic hydroxyl groups excluding tert-OH is 1. The van der Waals surface area contributed by atoms with Crippen LogP contribution in [0.3, 0.4) is 0 Å². The number of thioether (sulfide) groups is 1. The fraction of sp³-hybridized carbons (Fsp3) is 0.318. The van der Waals surface area contributed by atoms with Crippen molar-refractivity contribution in [3.63, 3.8) is 0 Å². The Bertz CT molecular complexity index is 955. The standard InChI is InChI=1S/C22H23NO6S/c1-5-11-29-15-10-9-14(12-16(15)27-7-3)13-17-20(25)19(22(26)28-8-4)21(30-17)23-18(24)6-2/h1,9-10,12-13,25H,6-8,11H2,2-4H3/b17-13-,23-21?. The number of aliphatic hydroxyl groups is 1. The Morgan fingerprint density at radius 3 is 2.60 bits per heavy atom. The van der Waals surface area contributed by atoms with E-state index in [2.05, 4.69) is 10.9 Å². The molecule has 1 aromatic rings. The summed E-state index contributed by atoms with van der Waals surface area (Å²) in [5.41, 5.74) is 0.570. The van der Waals surface area contributed by atoms with Crippen molar-refractivity contribution < 1.29 is 28.9 Å². The van der Waals surface area contributed by atoms with E-state index < -0.39 is 11.9 Å². The van der Waals surface area contributed by atoms with Crippen molar-refractivity contribution in [2.75, 3.05) is 19.8 Å². The molecular formula is C22H23NO6S. The number of carbonyl (C=O) groups is 2. The van der Waals surface area contributed by atoms with Crippen LogP contribution in [0.15, 0.2) is 39.4 Å². The minimum Gasteiger partial charge on any atom is -0.506 e. The summed E-state index contributed by atoms with van der Waals surface area (Å²) in [4.78, 5) is 28.4. The first kappa shape index (κ1) is 23.1. The maximum atomic E-state index is 12.3. The van der Waals surface area contributed by atoms with E-state index in [1.807, 2.05) is 6.92 Å². The molecule has 158 valence electrons. The zero-order chi connectivity index (χ0) is 22.1. The molecule has 2 rings (SSSR count). The SMILES string of the molecule is C#CCOc1ccc(/C=C2\SC(=NC(=O)CC)C(C(=O)OCC)=C2O)cc1OCC. The molecular weight excluding hydrogens is 406 g/mol. The third-order valence-electron chi connectivity index (χ3n) is 3.78. The Morgan fingerprint density at radius 2 is 1.97 bits per heavy atom. The molecule has 1 heterocycles. The van der Waals surface area contributed by atoms with Gasteiger partial charge < -0.3 is 19.3 Å². The van der Waals surface area contributed by atoms with Crippen molar-refractivity contribution >= 4 is 34.8 Å². The second kappa shape index (κ2) is 11.1. The van der Waals surface area contributed by atoms with Crippen LogP contribution in [-0.2, 0) is 14.3 Å². The van der Waals surface area contributed by atoms with Crippen LogP contribution in [0, 0.1) is 12.3 Å². The summed E-state index contributed by atoms with van der Waals surface area (Å²) in [6.07, 6.45) is 7.07. The zero-order valence-corrected chi connectivity index (χ0v) is 17.9. The highest BCUT2D eigenvalue weighted by Gasteiger charge is 2.33. The molecule has 1 aromatic carbocycles. The number of hydrogen-bond donors (Lipinski definition) is 1. The van der Waals surface area contributed by atoms with E-state index in [1.165, 1.54) is 0 Å². The highest BCUT2D eigenvalue weighted by molar-refractivity contribution is 8.18. The molecule has 0 atom stereocenters. The number of esters is 1. The Labute approximate surface area is 179 Å². The van der Waals surface area contributed by atoms with Crippen LogP contribution in [-0.4, -0.2) is 41.8 Å². The number of ether oxygens (including phenoxy) is 3. The van der Waals surface area contributed by atoms with Gasteiger partial charge in [-0.3, -0.25) is 4.79 Å². The molecule has 1 N–H and O–H groups in total. The third kappa shape index (κ3) is 5.67. The predicted molar refractivity (Wildman–Crippen MR) is 117 cm³/mol. The van der Waals surface area contributed by atoms with Gasteiger partial charge in [-0.1, -0.05) is 30.7 Å². The predicted octanol–water partition coefficient (Wildman–Crippen LogP) is 3.90. The molecule has 8 heteroatoms. The number of nitrogens with zero attached hydrogens (tertiary/aromatic N) is 1. The van der Waals surface area contributed by atoms with E-state index in [-0.39, 0.29) is 36.0 Å². The first-order valence-corrected chi connectivity index (χ1v) is 10.2. The maximum Gasteiger partial charge on any atom is 0.344 e. The van der Waals surface area contributed by atoms with Crippen molar-refractivity contribution in [3.05, 3.63) is 40.0 Å². The van der Waals surface area contributed by atoms with Gasteiger partial charge in [-0.25, -0.2) is 9.79 Å². The number of benzene rings is 1. The summed E-state index contributed by atoms with van der Waals surface area (Å²) in [6.45, 7) is 5.82. The summed E-state index contributed by atoms with van der Waals surface area (Å²) >= 11 is 1.02. The van der Waals surface area contributed by atoms with Gasteiger partial charge in [-0.15, -0.1) is 6.42 Å². The Morgan fingerprint density at radius 1 is 1.20 bits per heavy atom. The molecule has 0 spiro atoms. The van der Waals surface area contributed by atoms with Crippen LogP contribution in [0.25, 0.3) is 6.08 Å². The van der Waals surface area contributed by atoms with Gasteiger partial charge in [0.05, 0.1) is 18.1 Å². The zero-order valence-electron chi connectivity index (χ0n) is 17.1. The topological polar surface area (TPSA) is 94.4 Å². The van der Waals surface area contributed by atoms with Crippen molar-refractivity contribution in [2.45, 2.75) is 27.2 Å². The van der Waals surface area contributed by atoms with Crippen molar-refractivity contribution in [2.24, 2.45) is 4.99 Å². The Balaban J connectivity index is 2.45. The Kier molecular flexibility index (Phi) is 8.56. The van der Waals surface area contributed by atoms with E-state index in [1.54, 1.807) is 38.1 Å². The normalized spacial score (nSPS) is 15.9. The minimum absolute atomic E-state index is 0.105. The lowest BCUT2D eigenvalue weighted by Crippen LogP contribution is -2.14. The molecule has 0 bridgehead atoms. The van der Waals surface area contributed by atoms with E-state index in [0.717, 1.165) is 11.8 Å². The summed E-state index contributed by atoms with van der Waals surface area (Å²) < 4.78 is 16.1. The van der Waals surface area contributed by atoms with E-state index in [9.17, 15) is 14.7 Å². The van der Waals surface area contributed by atoms with E-state index >= 15 is 0 Å². The summed E-state index contributed by atoms with van der Waals surface area (Å²) in [6, 6.07) is 5.19. The molecule has 0 saturated heterocycles. The fourth-order valence-corrected chi connectivity index (χ4v) is 3.49. The van der Waals surface area contributed by atoms with Crippen LogP contribution < -0.4 is 9.47 Å². The molecule has 0 aliphatic carbocycles. The van der Waals surface area contributed by atoms with E-state index in [0.29, 0.717) is 28.6 Å². The van der Waals surface area contributed by atoms with Crippen LogP contribution in [0.1, 0.15) is 32.8 Å². The first-order valence-electron chi connectivity index (χ1n) is 9.40. The highest BCUT2D eigenvalue weighted by Crippen LogP contribution is 2.40. The van der Waals surface area contributed by atoms with Gasteiger partial charge in [0.15, 0.2) is 11.5 Å².